The van der Waals surface area contributed by atoms with Gasteiger partial charge in [0.15, 0.2) is 4.77 Å². The number of rotatable bonds is 5. The second-order valence-corrected chi connectivity index (χ2v) is 7.48. The van der Waals surface area contributed by atoms with Gasteiger partial charge in [-0.05, 0) is 50.4 Å². The number of H-pyrrole nitrogens is 2. The Morgan fingerprint density at radius 1 is 1.40 bits per heavy atom. The molecule has 1 fully saturated rings. The molecule has 1 atom stereocenters. The molecule has 0 aliphatic carbocycles. The van der Waals surface area contributed by atoms with Crippen LogP contribution in [0.2, 0.25) is 0 Å². The second-order valence-electron chi connectivity index (χ2n) is 7.10. The maximum atomic E-state index is 12.8. The Morgan fingerprint density at radius 2 is 2.20 bits per heavy atom. The zero-order valence-electron chi connectivity index (χ0n) is 15.1. The van der Waals surface area contributed by atoms with Gasteiger partial charge in [-0.1, -0.05) is 13.8 Å². The van der Waals surface area contributed by atoms with Crippen molar-refractivity contribution in [2.24, 2.45) is 5.92 Å². The van der Waals surface area contributed by atoms with Crippen molar-refractivity contribution in [2.75, 3.05) is 13.1 Å². The van der Waals surface area contributed by atoms with Crippen LogP contribution in [0.3, 0.4) is 0 Å². The van der Waals surface area contributed by atoms with Crippen LogP contribution in [0.1, 0.15) is 61.5 Å². The summed E-state index contributed by atoms with van der Waals surface area (Å²) < 4.78 is 2.66. The van der Waals surface area contributed by atoms with E-state index in [1.807, 2.05) is 15.5 Å². The summed E-state index contributed by atoms with van der Waals surface area (Å²) in [5.74, 6) is 1.68. The highest BCUT2D eigenvalue weighted by molar-refractivity contribution is 7.71. The Morgan fingerprint density at radius 3 is 2.92 bits per heavy atom. The summed E-state index contributed by atoms with van der Waals surface area (Å²) in [4.78, 5) is 14.7. The van der Waals surface area contributed by atoms with Gasteiger partial charge in [-0.3, -0.25) is 15.0 Å². The topological polar surface area (TPSA) is 82.6 Å². The van der Waals surface area contributed by atoms with Crippen LogP contribution in [-0.2, 0) is 13.0 Å². The minimum Gasteiger partial charge on any atom is -0.337 e. The van der Waals surface area contributed by atoms with Crippen molar-refractivity contribution in [3.8, 4) is 0 Å². The maximum absolute atomic E-state index is 12.8. The Bertz CT molecular complexity index is 789. The largest absolute Gasteiger partial charge is 0.337 e. The molecule has 1 amide bonds. The van der Waals surface area contributed by atoms with Crippen LogP contribution in [0.4, 0.5) is 0 Å². The first kappa shape index (κ1) is 17.8. The molecule has 136 valence electrons. The van der Waals surface area contributed by atoms with Gasteiger partial charge in [0.25, 0.3) is 5.91 Å². The molecule has 1 aliphatic rings. The molecule has 1 unspecified atom stereocenters. The van der Waals surface area contributed by atoms with Gasteiger partial charge in [-0.2, -0.15) is 10.2 Å². The van der Waals surface area contributed by atoms with Gasteiger partial charge < -0.3 is 9.47 Å². The summed E-state index contributed by atoms with van der Waals surface area (Å²) >= 11 is 5.29. The van der Waals surface area contributed by atoms with Crippen molar-refractivity contribution >= 4 is 18.1 Å². The van der Waals surface area contributed by atoms with E-state index in [-0.39, 0.29) is 11.8 Å². The lowest BCUT2D eigenvalue weighted by molar-refractivity contribution is 0.0697. The molecule has 0 radical (unpaired) electrons. The highest BCUT2D eigenvalue weighted by Gasteiger charge is 2.29. The van der Waals surface area contributed by atoms with E-state index in [1.54, 1.807) is 0 Å². The monoisotopic (exact) mass is 362 g/mol. The number of likely N-dealkylation sites (tertiary alicyclic amines) is 1. The molecule has 2 N–H and O–H groups in total. The number of aromatic nitrogens is 5. The van der Waals surface area contributed by atoms with Crippen molar-refractivity contribution in [1.82, 2.24) is 29.9 Å². The predicted octanol–water partition coefficient (Wildman–Crippen LogP) is 2.90. The lowest BCUT2D eigenvalue weighted by Gasteiger charge is -2.31. The SMILES string of the molecule is CCn1c(C2CCCN(C(=O)c3cc(CC(C)C)[nH]n3)C2)n[nH]c1=S. The molecule has 8 heteroatoms. The van der Waals surface area contributed by atoms with Gasteiger partial charge >= 0.3 is 0 Å². The molecule has 7 nitrogen and oxygen atoms in total. The lowest BCUT2D eigenvalue weighted by atomic mass is 9.96. The van der Waals surface area contributed by atoms with Gasteiger partial charge in [-0.15, -0.1) is 0 Å². The highest BCUT2D eigenvalue weighted by Crippen LogP contribution is 2.26. The molecule has 2 aromatic rings. The van der Waals surface area contributed by atoms with Gasteiger partial charge in [-0.25, -0.2) is 0 Å². The number of nitrogens with zero attached hydrogens (tertiary/aromatic N) is 4. The standard InChI is InChI=1S/C17H26N6OS/c1-4-23-15(20-21-17(23)25)12-6-5-7-22(10-12)16(24)14-9-13(18-19-14)8-11(2)3/h9,11-12H,4-8,10H2,1-3H3,(H,18,19)(H,21,25). The second kappa shape index (κ2) is 7.51. The Hall–Kier alpha value is -1.96. The Labute approximate surface area is 152 Å². The number of aromatic amines is 2. The number of piperidine rings is 1. The molecule has 1 aliphatic heterocycles. The van der Waals surface area contributed by atoms with Crippen LogP contribution in [-0.4, -0.2) is 48.9 Å². The third kappa shape index (κ3) is 3.84. The van der Waals surface area contributed by atoms with Gasteiger partial charge in [0.05, 0.1) is 0 Å². The van der Waals surface area contributed by atoms with Crippen LogP contribution in [0.25, 0.3) is 0 Å². The normalized spacial score (nSPS) is 18.1. The number of nitrogens with one attached hydrogen (secondary N) is 2. The summed E-state index contributed by atoms with van der Waals surface area (Å²) in [6, 6.07) is 1.88. The van der Waals surface area contributed by atoms with Gasteiger partial charge in [0, 0.05) is 31.2 Å². The molecule has 25 heavy (non-hydrogen) atoms. The van der Waals surface area contributed by atoms with E-state index >= 15 is 0 Å². The first-order valence-corrected chi connectivity index (χ1v) is 9.39. The summed E-state index contributed by atoms with van der Waals surface area (Å²) in [5, 5.41) is 14.5. The summed E-state index contributed by atoms with van der Waals surface area (Å²) in [6.45, 7) is 8.56. The zero-order valence-corrected chi connectivity index (χ0v) is 15.9. The predicted molar refractivity (Wildman–Crippen MR) is 98.1 cm³/mol. The first-order valence-electron chi connectivity index (χ1n) is 8.98. The summed E-state index contributed by atoms with van der Waals surface area (Å²) in [5.41, 5.74) is 1.52. The molecular formula is C17H26N6OS. The summed E-state index contributed by atoms with van der Waals surface area (Å²) in [6.07, 6.45) is 2.87. The Kier molecular flexibility index (Phi) is 5.36. The van der Waals surface area contributed by atoms with E-state index in [2.05, 4.69) is 41.2 Å². The molecule has 0 spiro atoms. The highest BCUT2D eigenvalue weighted by atomic mass is 32.1. The van der Waals surface area contributed by atoms with Crippen molar-refractivity contribution in [1.29, 1.82) is 0 Å². The van der Waals surface area contributed by atoms with Crippen molar-refractivity contribution < 1.29 is 4.79 Å². The van der Waals surface area contributed by atoms with Crippen molar-refractivity contribution in [3.63, 3.8) is 0 Å². The Balaban J connectivity index is 1.73. The van der Waals surface area contributed by atoms with Crippen molar-refractivity contribution in [2.45, 2.75) is 52.5 Å². The van der Waals surface area contributed by atoms with E-state index in [4.69, 9.17) is 12.2 Å². The van der Waals surface area contributed by atoms with Gasteiger partial charge in [0.2, 0.25) is 0 Å². The molecule has 0 bridgehead atoms. The van der Waals surface area contributed by atoms with E-state index in [1.165, 1.54) is 0 Å². The van der Waals surface area contributed by atoms with Crippen LogP contribution < -0.4 is 0 Å². The van der Waals surface area contributed by atoms with E-state index < -0.39 is 0 Å². The van der Waals surface area contributed by atoms with Crippen LogP contribution in [0.5, 0.6) is 0 Å². The summed E-state index contributed by atoms with van der Waals surface area (Å²) in [7, 11) is 0. The first-order chi connectivity index (χ1) is 12.0. The number of hydrogen-bond donors (Lipinski definition) is 2. The number of carbonyl (C=O) groups is 1. The third-order valence-corrected chi connectivity index (χ3v) is 4.97. The zero-order chi connectivity index (χ0) is 18.0. The number of hydrogen-bond acceptors (Lipinski definition) is 4. The molecular weight excluding hydrogens is 336 g/mol. The molecule has 1 saturated heterocycles. The number of carbonyl (C=O) groups excluding carboxylic acids is 1. The van der Waals surface area contributed by atoms with E-state index in [0.29, 0.717) is 22.9 Å². The smallest absolute Gasteiger partial charge is 0.274 e. The molecule has 0 saturated carbocycles. The fourth-order valence-electron chi connectivity index (χ4n) is 3.50. The van der Waals surface area contributed by atoms with Crippen LogP contribution >= 0.6 is 12.2 Å². The quantitative estimate of drug-likeness (QED) is 0.801. The fraction of sp³-hybridized carbons (Fsp3) is 0.647. The molecule has 3 heterocycles. The fourth-order valence-corrected chi connectivity index (χ4v) is 3.77. The third-order valence-electron chi connectivity index (χ3n) is 4.66. The average molecular weight is 363 g/mol. The maximum Gasteiger partial charge on any atom is 0.274 e. The number of amides is 1. The van der Waals surface area contributed by atoms with E-state index in [9.17, 15) is 4.79 Å². The van der Waals surface area contributed by atoms with Crippen LogP contribution in [0.15, 0.2) is 6.07 Å². The van der Waals surface area contributed by atoms with Crippen molar-refractivity contribution in [3.05, 3.63) is 28.0 Å². The van der Waals surface area contributed by atoms with Gasteiger partial charge in [0.1, 0.15) is 11.5 Å². The lowest BCUT2D eigenvalue weighted by Crippen LogP contribution is -2.40. The minimum atomic E-state index is -0.00635. The minimum absolute atomic E-state index is 0.00635. The molecule has 0 aromatic carbocycles. The van der Waals surface area contributed by atoms with E-state index in [0.717, 1.165) is 43.9 Å². The molecule has 3 rings (SSSR count). The average Bonchev–Trinajstić information content (AvgIpc) is 3.20. The molecule has 2 aromatic heterocycles. The van der Waals surface area contributed by atoms with Crippen LogP contribution in [0, 0.1) is 10.7 Å².